The molecule has 2 aromatic rings. The summed E-state index contributed by atoms with van der Waals surface area (Å²) in [5, 5.41) is 11.7. The summed E-state index contributed by atoms with van der Waals surface area (Å²) in [6, 6.07) is 12.3. The quantitative estimate of drug-likeness (QED) is 0.781. The van der Waals surface area contributed by atoms with Gasteiger partial charge in [0.25, 0.3) is 11.8 Å². The van der Waals surface area contributed by atoms with Crippen molar-refractivity contribution in [3.8, 4) is 11.5 Å². The van der Waals surface area contributed by atoms with Crippen molar-refractivity contribution in [3.05, 3.63) is 54.1 Å². The maximum atomic E-state index is 12.6. The lowest BCUT2D eigenvalue weighted by Gasteiger charge is -2.33. The lowest BCUT2D eigenvalue weighted by molar-refractivity contribution is -0.128. The largest absolute Gasteiger partial charge is 0.508 e. The predicted octanol–water partition coefficient (Wildman–Crippen LogP) is 1.09. The number of nitrogens with one attached hydrogen (secondary N) is 1. The van der Waals surface area contributed by atoms with E-state index >= 15 is 0 Å². The van der Waals surface area contributed by atoms with E-state index in [0.29, 0.717) is 11.4 Å². The van der Waals surface area contributed by atoms with Gasteiger partial charge in [-0.25, -0.2) is 4.79 Å². The van der Waals surface area contributed by atoms with E-state index in [1.54, 1.807) is 24.3 Å². The van der Waals surface area contributed by atoms with Crippen molar-refractivity contribution >= 4 is 23.5 Å². The summed E-state index contributed by atoms with van der Waals surface area (Å²) in [7, 11) is 1.48. The molecule has 2 aromatic carbocycles. The van der Waals surface area contributed by atoms with Crippen molar-refractivity contribution < 1.29 is 29.0 Å². The standard InChI is InChI=1S/C19H18N2O6/c1-20-18(24)16-10-21(14-4-2-3-5-15(14)27-16)17(23)11-26-19(25)12-6-8-13(22)9-7-12/h2-9,16,22H,10-11H2,1H3,(H,20,24). The molecule has 0 saturated carbocycles. The van der Waals surface area contributed by atoms with Crippen LogP contribution in [0.5, 0.6) is 11.5 Å². The molecule has 0 spiro atoms. The van der Waals surface area contributed by atoms with Gasteiger partial charge in [-0.15, -0.1) is 0 Å². The Morgan fingerprint density at radius 1 is 1.19 bits per heavy atom. The molecular weight excluding hydrogens is 352 g/mol. The molecule has 1 unspecified atom stereocenters. The Kier molecular flexibility index (Phi) is 5.25. The van der Waals surface area contributed by atoms with E-state index < -0.39 is 24.6 Å². The van der Waals surface area contributed by atoms with Gasteiger partial charge in [-0.2, -0.15) is 0 Å². The number of phenolic OH excluding ortho intramolecular Hbond substituents is 1. The zero-order valence-electron chi connectivity index (χ0n) is 14.5. The SMILES string of the molecule is CNC(=O)C1CN(C(=O)COC(=O)c2ccc(O)cc2)c2ccccc2O1. The highest BCUT2D eigenvalue weighted by molar-refractivity contribution is 5.99. The number of ether oxygens (including phenoxy) is 2. The number of esters is 1. The summed E-state index contributed by atoms with van der Waals surface area (Å²) in [6.07, 6.45) is -0.860. The first-order chi connectivity index (χ1) is 13.0. The fourth-order valence-corrected chi connectivity index (χ4v) is 2.65. The Morgan fingerprint density at radius 2 is 1.89 bits per heavy atom. The monoisotopic (exact) mass is 370 g/mol. The number of carbonyl (C=O) groups is 3. The van der Waals surface area contributed by atoms with Crippen molar-refractivity contribution in [2.45, 2.75) is 6.10 Å². The molecule has 0 aromatic heterocycles. The van der Waals surface area contributed by atoms with Crippen LogP contribution in [0.4, 0.5) is 5.69 Å². The van der Waals surface area contributed by atoms with E-state index in [4.69, 9.17) is 9.47 Å². The molecule has 0 radical (unpaired) electrons. The average Bonchev–Trinajstić information content (AvgIpc) is 2.70. The second-order valence-electron chi connectivity index (χ2n) is 5.82. The van der Waals surface area contributed by atoms with E-state index in [1.807, 2.05) is 0 Å². The molecule has 3 rings (SSSR count). The predicted molar refractivity (Wildman–Crippen MR) is 95.7 cm³/mol. The van der Waals surface area contributed by atoms with Gasteiger partial charge in [-0.1, -0.05) is 12.1 Å². The molecule has 1 heterocycles. The van der Waals surface area contributed by atoms with Gasteiger partial charge in [-0.3, -0.25) is 9.59 Å². The number of likely N-dealkylation sites (N-methyl/N-ethyl adjacent to an activating group) is 1. The third kappa shape index (κ3) is 4.00. The molecule has 0 saturated heterocycles. The number of carbonyl (C=O) groups excluding carboxylic acids is 3. The molecule has 8 heteroatoms. The lowest BCUT2D eigenvalue weighted by atomic mass is 10.1. The molecule has 1 atom stereocenters. The molecule has 1 aliphatic heterocycles. The molecule has 27 heavy (non-hydrogen) atoms. The highest BCUT2D eigenvalue weighted by Gasteiger charge is 2.33. The number of hydrogen-bond acceptors (Lipinski definition) is 6. The summed E-state index contributed by atoms with van der Waals surface area (Å²) >= 11 is 0. The van der Waals surface area contributed by atoms with Crippen molar-refractivity contribution in [1.82, 2.24) is 5.32 Å². The first-order valence-corrected chi connectivity index (χ1v) is 8.23. The van der Waals surface area contributed by atoms with Crippen LogP contribution in [-0.2, 0) is 14.3 Å². The first-order valence-electron chi connectivity index (χ1n) is 8.23. The summed E-state index contributed by atoms with van der Waals surface area (Å²) < 4.78 is 10.7. The minimum absolute atomic E-state index is 0.00623. The number of anilines is 1. The van der Waals surface area contributed by atoms with Crippen LogP contribution in [0.1, 0.15) is 10.4 Å². The van der Waals surface area contributed by atoms with Crippen molar-refractivity contribution in [1.29, 1.82) is 0 Å². The van der Waals surface area contributed by atoms with Crippen molar-refractivity contribution in [2.24, 2.45) is 0 Å². The van der Waals surface area contributed by atoms with Crippen molar-refractivity contribution in [2.75, 3.05) is 25.1 Å². The van der Waals surface area contributed by atoms with E-state index in [2.05, 4.69) is 5.32 Å². The van der Waals surface area contributed by atoms with Crippen LogP contribution < -0.4 is 15.0 Å². The van der Waals surface area contributed by atoms with Crippen LogP contribution in [0.25, 0.3) is 0 Å². The molecule has 140 valence electrons. The smallest absolute Gasteiger partial charge is 0.338 e. The maximum absolute atomic E-state index is 12.6. The van der Waals surface area contributed by atoms with Gasteiger partial charge < -0.3 is 24.8 Å². The van der Waals surface area contributed by atoms with Gasteiger partial charge in [0.2, 0.25) is 0 Å². The van der Waals surface area contributed by atoms with Gasteiger partial charge in [0.05, 0.1) is 17.8 Å². The number of nitrogens with zero attached hydrogens (tertiary/aromatic N) is 1. The zero-order chi connectivity index (χ0) is 19.4. The van der Waals surface area contributed by atoms with E-state index in [9.17, 15) is 19.5 Å². The van der Waals surface area contributed by atoms with E-state index in [0.717, 1.165) is 0 Å². The number of benzene rings is 2. The lowest BCUT2D eigenvalue weighted by Crippen LogP contribution is -2.51. The minimum Gasteiger partial charge on any atom is -0.508 e. The van der Waals surface area contributed by atoms with Crippen LogP contribution in [0, 0.1) is 0 Å². The minimum atomic E-state index is -0.860. The zero-order valence-corrected chi connectivity index (χ0v) is 14.5. The number of amides is 2. The van der Waals surface area contributed by atoms with Crippen molar-refractivity contribution in [3.63, 3.8) is 0 Å². The topological polar surface area (TPSA) is 105 Å². The second-order valence-corrected chi connectivity index (χ2v) is 5.82. The third-order valence-electron chi connectivity index (χ3n) is 4.04. The number of rotatable bonds is 4. The molecule has 8 nitrogen and oxygen atoms in total. The summed E-state index contributed by atoms with van der Waals surface area (Å²) in [5.41, 5.74) is 0.717. The normalized spacial score (nSPS) is 15.3. The Labute approximate surface area is 155 Å². The molecule has 2 N–H and O–H groups in total. The Hall–Kier alpha value is -3.55. The summed E-state index contributed by atoms with van der Waals surface area (Å²) in [5.74, 6) is -1.11. The molecule has 0 aliphatic carbocycles. The molecule has 0 bridgehead atoms. The highest BCUT2D eigenvalue weighted by Crippen LogP contribution is 2.33. The second kappa shape index (κ2) is 7.77. The maximum Gasteiger partial charge on any atom is 0.338 e. The number of aromatic hydroxyl groups is 1. The molecule has 1 aliphatic rings. The summed E-state index contributed by atoms with van der Waals surface area (Å²) in [6.45, 7) is -0.485. The van der Waals surface area contributed by atoms with E-state index in [1.165, 1.54) is 36.2 Å². The molecule has 0 fully saturated rings. The number of fused-ring (bicyclic) bond motifs is 1. The third-order valence-corrected chi connectivity index (χ3v) is 4.04. The van der Waals surface area contributed by atoms with Crippen LogP contribution >= 0.6 is 0 Å². The fraction of sp³-hybridized carbons (Fsp3) is 0.211. The number of hydrogen-bond donors (Lipinski definition) is 2. The highest BCUT2D eigenvalue weighted by atomic mass is 16.5. The average molecular weight is 370 g/mol. The van der Waals surface area contributed by atoms with Crippen LogP contribution in [0.2, 0.25) is 0 Å². The van der Waals surface area contributed by atoms with Gasteiger partial charge in [0.15, 0.2) is 12.7 Å². The van der Waals surface area contributed by atoms with E-state index in [-0.39, 0.29) is 23.8 Å². The Balaban J connectivity index is 1.72. The van der Waals surface area contributed by atoms with Crippen LogP contribution in [0.3, 0.4) is 0 Å². The molecule has 2 amide bonds. The number of para-hydroxylation sites is 2. The van der Waals surface area contributed by atoms with Gasteiger partial charge >= 0.3 is 5.97 Å². The fourth-order valence-electron chi connectivity index (χ4n) is 2.65. The van der Waals surface area contributed by atoms with Crippen LogP contribution in [0.15, 0.2) is 48.5 Å². The van der Waals surface area contributed by atoms with Gasteiger partial charge in [0, 0.05) is 7.05 Å². The molecular formula is C19H18N2O6. The van der Waals surface area contributed by atoms with Gasteiger partial charge in [-0.05, 0) is 36.4 Å². The van der Waals surface area contributed by atoms with Gasteiger partial charge in [0.1, 0.15) is 11.5 Å². The van der Waals surface area contributed by atoms with Crippen LogP contribution in [-0.4, -0.2) is 49.2 Å². The Bertz CT molecular complexity index is 865. The summed E-state index contributed by atoms with van der Waals surface area (Å²) in [4.78, 5) is 38.0. The Morgan fingerprint density at radius 3 is 2.59 bits per heavy atom. The first kappa shape index (κ1) is 18.2. The number of phenols is 1.